The fraction of sp³-hybridized carbons (Fsp3) is 0.167. The van der Waals surface area contributed by atoms with Crippen LogP contribution in [0.2, 0.25) is 0 Å². The smallest absolute Gasteiger partial charge is 0.128 e. The number of nitrogens with two attached hydrogens (primary N) is 1. The van der Waals surface area contributed by atoms with E-state index >= 15 is 0 Å². The standard InChI is InChI=1S/C18H16N2OS/c19-11-17-20-18-14-10-13(12-4-2-1-3-5-12)6-7-15(14)21-9-8-16(18)22-17/h1-7,10H,8-9,11,19H2. The first-order valence-electron chi connectivity index (χ1n) is 7.36. The Kier molecular flexibility index (Phi) is 3.41. The summed E-state index contributed by atoms with van der Waals surface area (Å²) in [6.07, 6.45) is 0.891. The third-order valence-corrected chi connectivity index (χ3v) is 4.98. The molecule has 1 aliphatic heterocycles. The minimum absolute atomic E-state index is 0.492. The van der Waals surface area contributed by atoms with E-state index < -0.39 is 0 Å². The van der Waals surface area contributed by atoms with Crippen molar-refractivity contribution in [3.8, 4) is 28.1 Å². The van der Waals surface area contributed by atoms with Crippen LogP contribution in [0.1, 0.15) is 9.88 Å². The van der Waals surface area contributed by atoms with Gasteiger partial charge in [-0.2, -0.15) is 0 Å². The van der Waals surface area contributed by atoms with Gasteiger partial charge >= 0.3 is 0 Å². The van der Waals surface area contributed by atoms with Gasteiger partial charge in [0, 0.05) is 23.4 Å². The highest BCUT2D eigenvalue weighted by Crippen LogP contribution is 2.39. The van der Waals surface area contributed by atoms with Crippen LogP contribution in [0.3, 0.4) is 0 Å². The maximum atomic E-state index is 5.89. The van der Waals surface area contributed by atoms with Crippen LogP contribution in [-0.2, 0) is 13.0 Å². The molecule has 0 unspecified atom stereocenters. The monoisotopic (exact) mass is 308 g/mol. The van der Waals surface area contributed by atoms with Crippen LogP contribution < -0.4 is 10.5 Å². The van der Waals surface area contributed by atoms with E-state index in [-0.39, 0.29) is 0 Å². The first kappa shape index (κ1) is 13.5. The summed E-state index contributed by atoms with van der Waals surface area (Å²) in [6, 6.07) is 16.7. The van der Waals surface area contributed by atoms with Gasteiger partial charge in [0.25, 0.3) is 0 Å². The molecule has 1 aromatic heterocycles. The first-order valence-corrected chi connectivity index (χ1v) is 8.18. The molecule has 0 saturated carbocycles. The fourth-order valence-electron chi connectivity index (χ4n) is 2.77. The van der Waals surface area contributed by atoms with Crippen LogP contribution in [0.4, 0.5) is 0 Å². The van der Waals surface area contributed by atoms with Crippen molar-refractivity contribution in [2.75, 3.05) is 6.61 Å². The molecule has 1 aliphatic rings. The van der Waals surface area contributed by atoms with Crippen LogP contribution >= 0.6 is 11.3 Å². The highest BCUT2D eigenvalue weighted by Gasteiger charge is 2.20. The molecule has 0 amide bonds. The molecule has 0 saturated heterocycles. The van der Waals surface area contributed by atoms with Crippen molar-refractivity contribution in [3.05, 3.63) is 58.4 Å². The number of ether oxygens (including phenoxy) is 1. The number of nitrogens with zero attached hydrogens (tertiary/aromatic N) is 1. The van der Waals surface area contributed by atoms with Gasteiger partial charge in [-0.15, -0.1) is 11.3 Å². The van der Waals surface area contributed by atoms with Gasteiger partial charge in [-0.25, -0.2) is 4.98 Å². The maximum Gasteiger partial charge on any atom is 0.128 e. The molecule has 3 nitrogen and oxygen atoms in total. The zero-order chi connectivity index (χ0) is 14.9. The molecule has 2 N–H and O–H groups in total. The second-order valence-corrected chi connectivity index (χ2v) is 6.43. The van der Waals surface area contributed by atoms with Crippen LogP contribution in [0.15, 0.2) is 48.5 Å². The first-order chi connectivity index (χ1) is 10.8. The van der Waals surface area contributed by atoms with Crippen LogP contribution in [0.25, 0.3) is 22.4 Å². The maximum absolute atomic E-state index is 5.89. The molecule has 110 valence electrons. The lowest BCUT2D eigenvalue weighted by Crippen LogP contribution is -1.98. The molecule has 0 aliphatic carbocycles. The van der Waals surface area contributed by atoms with Crippen molar-refractivity contribution < 1.29 is 4.74 Å². The van der Waals surface area contributed by atoms with E-state index in [1.807, 2.05) is 12.1 Å². The Bertz CT molecular complexity index is 811. The Labute approximate surface area is 133 Å². The molecule has 0 spiro atoms. The predicted molar refractivity (Wildman–Crippen MR) is 90.1 cm³/mol. The number of hydrogen-bond donors (Lipinski definition) is 1. The number of fused-ring (bicyclic) bond motifs is 3. The molecule has 22 heavy (non-hydrogen) atoms. The molecule has 0 radical (unpaired) electrons. The van der Waals surface area contributed by atoms with E-state index in [0.717, 1.165) is 28.4 Å². The van der Waals surface area contributed by atoms with Crippen molar-refractivity contribution in [1.82, 2.24) is 4.98 Å². The van der Waals surface area contributed by atoms with E-state index in [4.69, 9.17) is 15.5 Å². The van der Waals surface area contributed by atoms with Gasteiger partial charge in [0.1, 0.15) is 10.8 Å². The summed E-state index contributed by atoms with van der Waals surface area (Å²) in [7, 11) is 0. The summed E-state index contributed by atoms with van der Waals surface area (Å²) >= 11 is 1.70. The molecule has 0 atom stereocenters. The molecular formula is C18H16N2OS. The van der Waals surface area contributed by atoms with Gasteiger partial charge < -0.3 is 10.5 Å². The average Bonchev–Trinajstić information content (AvgIpc) is 2.92. The lowest BCUT2D eigenvalue weighted by molar-refractivity contribution is 0.327. The lowest BCUT2D eigenvalue weighted by Gasteiger charge is -2.09. The van der Waals surface area contributed by atoms with Crippen LogP contribution in [-0.4, -0.2) is 11.6 Å². The molecule has 4 rings (SSSR count). The van der Waals surface area contributed by atoms with E-state index in [0.29, 0.717) is 13.2 Å². The number of aromatic nitrogens is 1. The Morgan fingerprint density at radius 1 is 1.09 bits per heavy atom. The van der Waals surface area contributed by atoms with E-state index in [1.165, 1.54) is 16.0 Å². The molecule has 0 bridgehead atoms. The van der Waals surface area contributed by atoms with Gasteiger partial charge in [-0.05, 0) is 23.3 Å². The highest BCUT2D eigenvalue weighted by atomic mass is 32.1. The molecule has 0 fully saturated rings. The van der Waals surface area contributed by atoms with Crippen molar-refractivity contribution in [3.63, 3.8) is 0 Å². The summed E-state index contributed by atoms with van der Waals surface area (Å²) in [4.78, 5) is 5.99. The molecule has 3 aromatic rings. The predicted octanol–water partition coefficient (Wildman–Crippen LogP) is 3.87. The normalized spacial score (nSPS) is 13.0. The molecule has 2 aromatic carbocycles. The quantitative estimate of drug-likeness (QED) is 0.782. The summed E-state index contributed by atoms with van der Waals surface area (Å²) in [6.45, 7) is 1.18. The van der Waals surface area contributed by atoms with Gasteiger partial charge in [0.15, 0.2) is 0 Å². The minimum Gasteiger partial charge on any atom is -0.493 e. The van der Waals surface area contributed by atoms with Gasteiger partial charge in [-0.3, -0.25) is 0 Å². The molecule has 4 heteroatoms. The summed E-state index contributed by atoms with van der Waals surface area (Å²) < 4.78 is 5.89. The molecule has 2 heterocycles. The number of thiazole rings is 1. The third-order valence-electron chi connectivity index (χ3n) is 3.84. The highest BCUT2D eigenvalue weighted by molar-refractivity contribution is 7.12. The fourth-order valence-corrected chi connectivity index (χ4v) is 3.71. The summed E-state index contributed by atoms with van der Waals surface area (Å²) in [5.74, 6) is 0.910. The van der Waals surface area contributed by atoms with Crippen molar-refractivity contribution in [2.24, 2.45) is 5.73 Å². The SMILES string of the molecule is NCc1nc2c(s1)CCOc1ccc(-c3ccccc3)cc1-2. The van der Waals surface area contributed by atoms with Gasteiger partial charge in [0.05, 0.1) is 12.3 Å². The second-order valence-electron chi connectivity index (χ2n) is 5.26. The van der Waals surface area contributed by atoms with Gasteiger partial charge in [0.2, 0.25) is 0 Å². The number of rotatable bonds is 2. The Morgan fingerprint density at radius 3 is 2.77 bits per heavy atom. The van der Waals surface area contributed by atoms with Crippen molar-refractivity contribution in [2.45, 2.75) is 13.0 Å². The number of hydrogen-bond acceptors (Lipinski definition) is 4. The largest absolute Gasteiger partial charge is 0.493 e. The third kappa shape index (κ3) is 2.30. The van der Waals surface area contributed by atoms with Crippen LogP contribution in [0, 0.1) is 0 Å². The second kappa shape index (κ2) is 5.55. The zero-order valence-electron chi connectivity index (χ0n) is 12.1. The van der Waals surface area contributed by atoms with E-state index in [1.54, 1.807) is 11.3 Å². The van der Waals surface area contributed by atoms with Crippen molar-refractivity contribution >= 4 is 11.3 Å². The van der Waals surface area contributed by atoms with E-state index in [9.17, 15) is 0 Å². The van der Waals surface area contributed by atoms with Crippen molar-refractivity contribution in [1.29, 1.82) is 0 Å². The molecular weight excluding hydrogens is 292 g/mol. The lowest BCUT2D eigenvalue weighted by atomic mass is 10.0. The van der Waals surface area contributed by atoms with Crippen LogP contribution in [0.5, 0.6) is 5.75 Å². The Hall–Kier alpha value is -2.17. The van der Waals surface area contributed by atoms with E-state index in [2.05, 4.69) is 36.4 Å². The zero-order valence-corrected chi connectivity index (χ0v) is 12.9. The summed E-state index contributed by atoms with van der Waals surface area (Å²) in [5.41, 5.74) is 10.2. The van der Waals surface area contributed by atoms with Gasteiger partial charge in [-0.1, -0.05) is 36.4 Å². The summed E-state index contributed by atoms with van der Waals surface area (Å²) in [5, 5.41) is 0.989. The Balaban J connectivity index is 1.88. The Morgan fingerprint density at radius 2 is 1.95 bits per heavy atom. The average molecular weight is 308 g/mol. The number of benzene rings is 2. The minimum atomic E-state index is 0.492. The topological polar surface area (TPSA) is 48.1 Å².